The van der Waals surface area contributed by atoms with Crippen molar-refractivity contribution in [2.24, 2.45) is 34.5 Å². The Morgan fingerprint density at radius 2 is 1.91 bits per heavy atom. The van der Waals surface area contributed by atoms with Gasteiger partial charge in [-0.15, -0.1) is 0 Å². The minimum Gasteiger partial charge on any atom is -0.459 e. The highest BCUT2D eigenvalue weighted by Gasteiger charge is 2.82. The lowest BCUT2D eigenvalue weighted by molar-refractivity contribution is -0.297. The van der Waals surface area contributed by atoms with Gasteiger partial charge in [-0.3, -0.25) is 9.59 Å². The second kappa shape index (κ2) is 7.35. The Hall–Kier alpha value is -1.81. The fourth-order valence-corrected chi connectivity index (χ4v) is 8.09. The highest BCUT2D eigenvalue weighted by atomic mass is 16.6. The topological polar surface area (TPSA) is 140 Å². The van der Waals surface area contributed by atoms with E-state index in [1.165, 1.54) is 6.08 Å². The van der Waals surface area contributed by atoms with Crippen molar-refractivity contribution >= 4 is 17.7 Å². The molecule has 9 nitrogen and oxygen atoms in total. The molecule has 2 saturated carbocycles. The van der Waals surface area contributed by atoms with Gasteiger partial charge < -0.3 is 29.5 Å². The van der Waals surface area contributed by atoms with Crippen molar-refractivity contribution < 1.29 is 43.9 Å². The lowest BCUT2D eigenvalue weighted by atomic mass is 9.38. The third kappa shape index (κ3) is 2.61. The molecule has 3 N–H and O–H groups in total. The zero-order valence-electron chi connectivity index (χ0n) is 20.2. The second-order valence-corrected chi connectivity index (χ2v) is 11.4. The van der Waals surface area contributed by atoms with Gasteiger partial charge in [-0.2, -0.15) is 0 Å². The smallest absolute Gasteiger partial charge is 0.348 e. The molecular formula is C25H34O9. The van der Waals surface area contributed by atoms with Crippen LogP contribution in [-0.4, -0.2) is 75.8 Å². The number of aliphatic hydroxyl groups excluding tert-OH is 3. The normalized spacial score (nSPS) is 52.2. The van der Waals surface area contributed by atoms with Gasteiger partial charge in [-0.25, -0.2) is 4.79 Å². The molecule has 0 aromatic heterocycles. The molecule has 188 valence electrons. The van der Waals surface area contributed by atoms with E-state index in [0.29, 0.717) is 12.8 Å². The molecule has 2 saturated heterocycles. The standard InChI is InChI=1S/C25H34O9/c1-6-10(2)21(30)34-16-18-24(5)20(29)15(27)17-23(4)12(11(3)7-13(26)19(23)28)8-14(33-22(16)31)25(17,18)9-32-24/h7,10,12,14-20,27-29H,6,8-9H2,1-5H3/t10-,12+,14-,15-,16-,17-,18+,19+,20-,23+,24-,25-/m1/s1. The van der Waals surface area contributed by atoms with Crippen LogP contribution < -0.4 is 0 Å². The van der Waals surface area contributed by atoms with E-state index >= 15 is 0 Å². The lowest BCUT2D eigenvalue weighted by Crippen LogP contribution is -2.78. The Kier molecular flexibility index (Phi) is 5.17. The number of rotatable bonds is 3. The molecule has 0 radical (unpaired) electrons. The van der Waals surface area contributed by atoms with Gasteiger partial charge in [0.1, 0.15) is 23.9 Å². The fourth-order valence-electron chi connectivity index (χ4n) is 8.09. The highest BCUT2D eigenvalue weighted by molar-refractivity contribution is 5.96. The molecule has 1 spiro atoms. The summed E-state index contributed by atoms with van der Waals surface area (Å²) in [4.78, 5) is 38.8. The van der Waals surface area contributed by atoms with Crippen molar-refractivity contribution in [2.45, 2.75) is 83.6 Å². The van der Waals surface area contributed by atoms with E-state index in [0.717, 1.165) is 5.57 Å². The van der Waals surface area contributed by atoms with Crippen molar-refractivity contribution in [3.8, 4) is 0 Å². The van der Waals surface area contributed by atoms with Crippen molar-refractivity contribution in [3.63, 3.8) is 0 Å². The first-order valence-corrected chi connectivity index (χ1v) is 12.2. The monoisotopic (exact) mass is 478 g/mol. The molecule has 2 bridgehead atoms. The predicted molar refractivity (Wildman–Crippen MR) is 116 cm³/mol. The van der Waals surface area contributed by atoms with Crippen LogP contribution in [0.5, 0.6) is 0 Å². The van der Waals surface area contributed by atoms with E-state index < -0.39 is 82.4 Å². The van der Waals surface area contributed by atoms with Crippen molar-refractivity contribution in [2.75, 3.05) is 6.61 Å². The summed E-state index contributed by atoms with van der Waals surface area (Å²) in [5.41, 5.74) is -2.84. The average molecular weight is 479 g/mol. The first kappa shape index (κ1) is 23.9. The Balaban J connectivity index is 1.69. The molecule has 0 aromatic carbocycles. The fraction of sp³-hybridized carbons (Fsp3) is 0.800. The van der Waals surface area contributed by atoms with E-state index in [4.69, 9.17) is 14.2 Å². The van der Waals surface area contributed by atoms with E-state index in [-0.39, 0.29) is 12.5 Å². The summed E-state index contributed by atoms with van der Waals surface area (Å²) >= 11 is 0. The van der Waals surface area contributed by atoms with Crippen LogP contribution in [0.1, 0.15) is 47.5 Å². The first-order chi connectivity index (χ1) is 15.8. The second-order valence-electron chi connectivity index (χ2n) is 11.4. The van der Waals surface area contributed by atoms with Crippen molar-refractivity contribution in [3.05, 3.63) is 11.6 Å². The minimum atomic E-state index is -1.43. The summed E-state index contributed by atoms with van der Waals surface area (Å²) in [5.74, 6) is -4.16. The Labute approximate surface area is 198 Å². The molecule has 4 fully saturated rings. The molecule has 2 heterocycles. The molecule has 12 atom stereocenters. The zero-order valence-corrected chi connectivity index (χ0v) is 20.2. The van der Waals surface area contributed by atoms with Gasteiger partial charge in [0.2, 0.25) is 6.10 Å². The van der Waals surface area contributed by atoms with Crippen LogP contribution in [-0.2, 0) is 28.6 Å². The quantitative estimate of drug-likeness (QED) is 0.496. The Morgan fingerprint density at radius 3 is 2.56 bits per heavy atom. The molecule has 34 heavy (non-hydrogen) atoms. The summed E-state index contributed by atoms with van der Waals surface area (Å²) in [6, 6.07) is 0. The number of fused-ring (bicyclic) bond motifs is 2. The maximum absolute atomic E-state index is 13.3. The highest BCUT2D eigenvalue weighted by Crippen LogP contribution is 2.72. The number of hydrogen-bond donors (Lipinski definition) is 3. The predicted octanol–water partition coefficient (Wildman–Crippen LogP) is 0.529. The third-order valence-electron chi connectivity index (χ3n) is 9.96. The van der Waals surface area contributed by atoms with Gasteiger partial charge in [0.15, 0.2) is 5.78 Å². The van der Waals surface area contributed by atoms with Crippen molar-refractivity contribution in [1.29, 1.82) is 0 Å². The number of ketones is 1. The molecule has 3 aliphatic carbocycles. The van der Waals surface area contributed by atoms with E-state index in [1.807, 2.05) is 6.92 Å². The van der Waals surface area contributed by atoms with E-state index in [9.17, 15) is 29.7 Å². The van der Waals surface area contributed by atoms with Gasteiger partial charge in [-0.05, 0) is 38.7 Å². The maximum Gasteiger partial charge on any atom is 0.348 e. The molecule has 9 heteroatoms. The molecule has 5 rings (SSSR count). The van der Waals surface area contributed by atoms with Crippen LogP contribution in [0.4, 0.5) is 0 Å². The molecule has 2 aliphatic heterocycles. The summed E-state index contributed by atoms with van der Waals surface area (Å²) in [6.07, 6.45) is -3.95. The Bertz CT molecular complexity index is 975. The first-order valence-electron chi connectivity index (χ1n) is 12.2. The number of aliphatic hydroxyl groups is 3. The van der Waals surface area contributed by atoms with Crippen molar-refractivity contribution in [1.82, 2.24) is 0 Å². The largest absolute Gasteiger partial charge is 0.459 e. The molecule has 5 aliphatic rings. The maximum atomic E-state index is 13.3. The molecule has 0 unspecified atom stereocenters. The zero-order chi connectivity index (χ0) is 25.0. The van der Waals surface area contributed by atoms with Gasteiger partial charge in [0, 0.05) is 16.7 Å². The number of carbonyl (C=O) groups is 3. The van der Waals surface area contributed by atoms with Crippen LogP contribution in [0.15, 0.2) is 11.6 Å². The molecule has 0 aromatic rings. The van der Waals surface area contributed by atoms with Gasteiger partial charge in [0.25, 0.3) is 0 Å². The van der Waals surface area contributed by atoms with Gasteiger partial charge in [0.05, 0.1) is 24.5 Å². The summed E-state index contributed by atoms with van der Waals surface area (Å²) in [5, 5.41) is 34.0. The minimum absolute atomic E-state index is 0.0360. The van der Waals surface area contributed by atoms with Crippen LogP contribution in [0, 0.1) is 34.5 Å². The van der Waals surface area contributed by atoms with Crippen LogP contribution in [0.2, 0.25) is 0 Å². The lowest BCUT2D eigenvalue weighted by Gasteiger charge is -2.68. The average Bonchev–Trinajstić information content (AvgIpc) is 3.06. The number of ether oxygens (including phenoxy) is 3. The van der Waals surface area contributed by atoms with Gasteiger partial charge in [-0.1, -0.05) is 26.3 Å². The van der Waals surface area contributed by atoms with E-state index in [2.05, 4.69) is 0 Å². The van der Waals surface area contributed by atoms with Crippen LogP contribution in [0.25, 0.3) is 0 Å². The third-order valence-corrected chi connectivity index (χ3v) is 9.96. The number of hydrogen-bond acceptors (Lipinski definition) is 9. The van der Waals surface area contributed by atoms with Gasteiger partial charge >= 0.3 is 11.9 Å². The number of esters is 2. The molecular weight excluding hydrogens is 444 g/mol. The number of carbonyl (C=O) groups excluding carboxylic acids is 3. The Morgan fingerprint density at radius 1 is 1.24 bits per heavy atom. The summed E-state index contributed by atoms with van der Waals surface area (Å²) in [6.45, 7) is 8.76. The van der Waals surface area contributed by atoms with E-state index in [1.54, 1.807) is 27.7 Å². The SMILES string of the molecule is CC[C@@H](C)C(=O)O[C@H]1C(=O)O[C@@H]2C[C@H]3C(C)=CC(=O)[C@H](O)[C@]3(C)[C@H]3[C@@H](O)[C@@H](O)[C@]4(C)OC[C@]32[C@@H]14. The van der Waals surface area contributed by atoms with Crippen LogP contribution >= 0.6 is 0 Å². The summed E-state index contributed by atoms with van der Waals surface area (Å²) in [7, 11) is 0. The molecule has 0 amide bonds. The van der Waals surface area contributed by atoms with Crippen LogP contribution in [0.3, 0.4) is 0 Å². The summed E-state index contributed by atoms with van der Waals surface area (Å²) < 4.78 is 17.8. The number of allylic oxidation sites excluding steroid dienone is 1.